The molecule has 4 rings (SSSR count). The van der Waals surface area contributed by atoms with E-state index in [-0.39, 0.29) is 30.8 Å². The SMILES string of the molecule is O=C(O)CCC(=O)N(C1CC1)C1c2cc(Br)ccc2N[C@@H]2CCC[C@H]12. The zero-order valence-electron chi connectivity index (χ0n) is 14.1. The average molecular weight is 407 g/mol. The van der Waals surface area contributed by atoms with Gasteiger partial charge >= 0.3 is 5.97 Å². The predicted octanol–water partition coefficient (Wildman–Crippen LogP) is 3.94. The highest BCUT2D eigenvalue weighted by Gasteiger charge is 2.47. The zero-order valence-corrected chi connectivity index (χ0v) is 15.7. The lowest BCUT2D eigenvalue weighted by Crippen LogP contribution is -2.46. The summed E-state index contributed by atoms with van der Waals surface area (Å²) in [4.78, 5) is 25.9. The Morgan fingerprint density at radius 2 is 2.00 bits per heavy atom. The summed E-state index contributed by atoms with van der Waals surface area (Å²) in [5.41, 5.74) is 2.29. The van der Waals surface area contributed by atoms with Crippen molar-refractivity contribution >= 4 is 33.5 Å². The average Bonchev–Trinajstić information content (AvgIpc) is 3.30. The van der Waals surface area contributed by atoms with Gasteiger partial charge in [-0.05, 0) is 49.4 Å². The number of hydrogen-bond donors (Lipinski definition) is 2. The molecule has 2 saturated carbocycles. The summed E-state index contributed by atoms with van der Waals surface area (Å²) in [5, 5.41) is 12.6. The van der Waals surface area contributed by atoms with E-state index in [9.17, 15) is 9.59 Å². The molecule has 0 bridgehead atoms. The number of nitrogens with zero attached hydrogens (tertiary/aromatic N) is 1. The summed E-state index contributed by atoms with van der Waals surface area (Å²) in [5.74, 6) is -0.499. The minimum absolute atomic E-state index is 0.00613. The molecule has 0 spiro atoms. The first-order chi connectivity index (χ1) is 12.0. The van der Waals surface area contributed by atoms with Gasteiger partial charge in [0.1, 0.15) is 0 Å². The van der Waals surface area contributed by atoms with E-state index >= 15 is 0 Å². The number of fused-ring (bicyclic) bond motifs is 2. The van der Waals surface area contributed by atoms with E-state index in [0.29, 0.717) is 12.0 Å². The molecule has 1 unspecified atom stereocenters. The first-order valence-corrected chi connectivity index (χ1v) is 9.93. The maximum absolute atomic E-state index is 12.9. The van der Waals surface area contributed by atoms with Crippen LogP contribution in [0.1, 0.15) is 56.6 Å². The van der Waals surface area contributed by atoms with Crippen molar-refractivity contribution in [2.45, 2.75) is 63.1 Å². The molecule has 0 radical (unpaired) electrons. The van der Waals surface area contributed by atoms with E-state index in [0.717, 1.165) is 35.8 Å². The Morgan fingerprint density at radius 3 is 2.72 bits per heavy atom. The Labute approximate surface area is 155 Å². The first kappa shape index (κ1) is 16.9. The van der Waals surface area contributed by atoms with Crippen LogP contribution in [0.2, 0.25) is 0 Å². The van der Waals surface area contributed by atoms with Crippen molar-refractivity contribution in [1.82, 2.24) is 4.90 Å². The monoisotopic (exact) mass is 406 g/mol. The van der Waals surface area contributed by atoms with Crippen LogP contribution in [0.25, 0.3) is 0 Å². The minimum atomic E-state index is -0.906. The third kappa shape index (κ3) is 3.28. The topological polar surface area (TPSA) is 69.6 Å². The molecule has 0 saturated heterocycles. The number of halogens is 1. The van der Waals surface area contributed by atoms with E-state index in [1.54, 1.807) is 0 Å². The number of anilines is 1. The molecule has 1 amide bonds. The minimum Gasteiger partial charge on any atom is -0.481 e. The van der Waals surface area contributed by atoms with Gasteiger partial charge < -0.3 is 15.3 Å². The summed E-state index contributed by atoms with van der Waals surface area (Å²) in [6.45, 7) is 0. The van der Waals surface area contributed by atoms with E-state index in [2.05, 4.69) is 33.4 Å². The number of carbonyl (C=O) groups excluding carboxylic acids is 1. The molecule has 1 aromatic carbocycles. The van der Waals surface area contributed by atoms with E-state index < -0.39 is 5.97 Å². The molecule has 1 heterocycles. The van der Waals surface area contributed by atoms with Crippen LogP contribution in [0, 0.1) is 5.92 Å². The van der Waals surface area contributed by atoms with Crippen LogP contribution >= 0.6 is 15.9 Å². The van der Waals surface area contributed by atoms with Crippen LogP contribution in [-0.2, 0) is 9.59 Å². The summed E-state index contributed by atoms with van der Waals surface area (Å²) in [6.07, 6.45) is 5.49. The summed E-state index contributed by atoms with van der Waals surface area (Å²) in [6, 6.07) is 7.00. The van der Waals surface area contributed by atoms with Gasteiger partial charge in [0.2, 0.25) is 5.91 Å². The maximum Gasteiger partial charge on any atom is 0.303 e. The number of carboxylic acid groups (broad SMARTS) is 1. The van der Waals surface area contributed by atoms with Crippen LogP contribution in [0.15, 0.2) is 22.7 Å². The number of hydrogen-bond acceptors (Lipinski definition) is 3. The van der Waals surface area contributed by atoms with Crippen molar-refractivity contribution in [1.29, 1.82) is 0 Å². The van der Waals surface area contributed by atoms with E-state index in [4.69, 9.17) is 5.11 Å². The van der Waals surface area contributed by atoms with E-state index in [1.165, 1.54) is 12.0 Å². The fourth-order valence-corrected chi connectivity index (χ4v) is 4.90. The molecule has 2 N–H and O–H groups in total. The molecule has 5 nitrogen and oxygen atoms in total. The summed E-state index contributed by atoms with van der Waals surface area (Å²) >= 11 is 3.57. The number of carbonyl (C=O) groups is 2. The van der Waals surface area contributed by atoms with Crippen LogP contribution in [0.4, 0.5) is 5.69 Å². The fourth-order valence-electron chi connectivity index (χ4n) is 4.52. The van der Waals surface area contributed by atoms with Crippen LogP contribution in [-0.4, -0.2) is 34.0 Å². The molecule has 25 heavy (non-hydrogen) atoms. The largest absolute Gasteiger partial charge is 0.481 e. The molecule has 3 aliphatic rings. The smallest absolute Gasteiger partial charge is 0.303 e. The van der Waals surface area contributed by atoms with Gasteiger partial charge in [0.05, 0.1) is 12.5 Å². The Balaban J connectivity index is 1.70. The lowest BCUT2D eigenvalue weighted by atomic mass is 9.82. The van der Waals surface area contributed by atoms with Gasteiger partial charge in [-0.1, -0.05) is 22.4 Å². The fraction of sp³-hybridized carbons (Fsp3) is 0.579. The molecule has 1 aliphatic heterocycles. The molecule has 6 heteroatoms. The molecule has 2 fully saturated rings. The third-order valence-corrected chi connectivity index (χ3v) is 6.22. The van der Waals surface area contributed by atoms with Gasteiger partial charge in [-0.15, -0.1) is 0 Å². The second-order valence-corrected chi connectivity index (χ2v) is 8.36. The van der Waals surface area contributed by atoms with Crippen LogP contribution in [0.3, 0.4) is 0 Å². The van der Waals surface area contributed by atoms with Crippen molar-refractivity contribution in [3.8, 4) is 0 Å². The number of rotatable bonds is 5. The van der Waals surface area contributed by atoms with Gasteiger partial charge in [0, 0.05) is 34.6 Å². The van der Waals surface area contributed by atoms with Gasteiger partial charge in [-0.25, -0.2) is 0 Å². The van der Waals surface area contributed by atoms with E-state index in [1.807, 2.05) is 11.0 Å². The number of aliphatic carboxylic acids is 1. The molecule has 134 valence electrons. The highest BCUT2D eigenvalue weighted by molar-refractivity contribution is 9.10. The molecule has 2 aliphatic carbocycles. The lowest BCUT2D eigenvalue weighted by molar-refractivity contribution is -0.142. The van der Waals surface area contributed by atoms with Crippen LogP contribution < -0.4 is 5.32 Å². The highest BCUT2D eigenvalue weighted by Crippen LogP contribution is 2.50. The standard InChI is InChI=1S/C19H23BrN2O3/c20-11-4-7-16-14(10-11)19(13-2-1-3-15(13)21-16)22(12-5-6-12)17(23)8-9-18(24)25/h4,7,10,12-13,15,19,21H,1-3,5-6,8-9H2,(H,24,25)/t13-,15+,19?/m0/s1. The summed E-state index contributed by atoms with van der Waals surface area (Å²) in [7, 11) is 0. The van der Waals surface area contributed by atoms with Crippen molar-refractivity contribution in [3.05, 3.63) is 28.2 Å². The Bertz CT molecular complexity index is 704. The van der Waals surface area contributed by atoms with Crippen molar-refractivity contribution < 1.29 is 14.7 Å². The molecular weight excluding hydrogens is 384 g/mol. The van der Waals surface area contributed by atoms with Gasteiger partial charge in [-0.2, -0.15) is 0 Å². The third-order valence-electron chi connectivity index (χ3n) is 5.73. The quantitative estimate of drug-likeness (QED) is 0.776. The second-order valence-electron chi connectivity index (χ2n) is 7.45. The van der Waals surface area contributed by atoms with Crippen LogP contribution in [0.5, 0.6) is 0 Å². The first-order valence-electron chi connectivity index (χ1n) is 9.13. The Morgan fingerprint density at radius 1 is 1.20 bits per heavy atom. The zero-order chi connectivity index (χ0) is 17.6. The predicted molar refractivity (Wildman–Crippen MR) is 98.4 cm³/mol. The maximum atomic E-state index is 12.9. The molecular formula is C19H23BrN2O3. The second kappa shape index (κ2) is 6.63. The normalized spacial score (nSPS) is 27.2. The Kier molecular flexibility index (Phi) is 4.48. The number of benzene rings is 1. The Hall–Kier alpha value is -1.56. The molecule has 0 aromatic heterocycles. The molecule has 1 aromatic rings. The van der Waals surface area contributed by atoms with Crippen molar-refractivity contribution in [2.75, 3.05) is 5.32 Å². The van der Waals surface area contributed by atoms with Crippen molar-refractivity contribution in [2.24, 2.45) is 5.92 Å². The number of nitrogens with one attached hydrogen (secondary N) is 1. The van der Waals surface area contributed by atoms with Gasteiger partial charge in [0.25, 0.3) is 0 Å². The molecule has 3 atom stereocenters. The highest BCUT2D eigenvalue weighted by atomic mass is 79.9. The van der Waals surface area contributed by atoms with Crippen molar-refractivity contribution in [3.63, 3.8) is 0 Å². The number of carboxylic acids is 1. The lowest BCUT2D eigenvalue weighted by Gasteiger charge is -2.43. The number of amides is 1. The van der Waals surface area contributed by atoms with Gasteiger partial charge in [-0.3, -0.25) is 9.59 Å². The summed E-state index contributed by atoms with van der Waals surface area (Å²) < 4.78 is 1.02. The van der Waals surface area contributed by atoms with Gasteiger partial charge in [0.15, 0.2) is 0 Å².